The van der Waals surface area contributed by atoms with Gasteiger partial charge in [0.15, 0.2) is 0 Å². The first-order chi connectivity index (χ1) is 9.35. The zero-order valence-corrected chi connectivity index (χ0v) is 12.1. The monoisotopic (exact) mass is 280 g/mol. The van der Waals surface area contributed by atoms with E-state index in [-0.39, 0.29) is 5.92 Å². The summed E-state index contributed by atoms with van der Waals surface area (Å²) in [5.41, 5.74) is 1.46. The maximum Gasteiger partial charge on any atom is 0.326 e. The van der Waals surface area contributed by atoms with E-state index in [0.29, 0.717) is 11.4 Å². The highest BCUT2D eigenvalue weighted by molar-refractivity contribution is 5.93. The standard InChI is InChI=1S/C14H20N2O4/c1-8(2)12(13(17)18)16-14(19)15-10-7-9(3)5-6-11(10)20-4/h5-8,12H,1-4H3,(H,17,18)(H2,15,16,19). The number of nitrogens with one attached hydrogen (secondary N) is 2. The Labute approximate surface area is 118 Å². The third-order valence-corrected chi connectivity index (χ3v) is 2.82. The normalized spacial score (nSPS) is 11.8. The highest BCUT2D eigenvalue weighted by Crippen LogP contribution is 2.25. The Morgan fingerprint density at radius 3 is 2.45 bits per heavy atom. The molecule has 0 heterocycles. The Morgan fingerprint density at radius 2 is 1.95 bits per heavy atom. The molecule has 1 aromatic rings. The number of anilines is 1. The summed E-state index contributed by atoms with van der Waals surface area (Å²) < 4.78 is 5.14. The fourth-order valence-electron chi connectivity index (χ4n) is 1.73. The zero-order chi connectivity index (χ0) is 15.3. The molecule has 6 heteroatoms. The summed E-state index contributed by atoms with van der Waals surface area (Å²) >= 11 is 0. The first kappa shape index (κ1) is 15.8. The fraction of sp³-hybridized carbons (Fsp3) is 0.429. The first-order valence-electron chi connectivity index (χ1n) is 6.30. The van der Waals surface area contributed by atoms with Crippen LogP contribution in [0.25, 0.3) is 0 Å². The Bertz CT molecular complexity index is 500. The number of hydrogen-bond acceptors (Lipinski definition) is 3. The number of amides is 2. The zero-order valence-electron chi connectivity index (χ0n) is 12.1. The molecule has 6 nitrogen and oxygen atoms in total. The van der Waals surface area contributed by atoms with Gasteiger partial charge >= 0.3 is 12.0 Å². The number of methoxy groups -OCH3 is 1. The van der Waals surface area contributed by atoms with Crippen LogP contribution in [0.2, 0.25) is 0 Å². The van der Waals surface area contributed by atoms with Gasteiger partial charge in [0, 0.05) is 0 Å². The first-order valence-corrected chi connectivity index (χ1v) is 6.30. The molecule has 0 fully saturated rings. The molecule has 2 amide bonds. The van der Waals surface area contributed by atoms with Crippen molar-refractivity contribution >= 4 is 17.7 Å². The average Bonchev–Trinajstić information content (AvgIpc) is 2.35. The van der Waals surface area contributed by atoms with E-state index in [1.165, 1.54) is 7.11 Å². The molecule has 1 rings (SSSR count). The Hall–Kier alpha value is -2.24. The minimum atomic E-state index is -1.06. The van der Waals surface area contributed by atoms with Crippen molar-refractivity contribution in [1.82, 2.24) is 5.32 Å². The number of aryl methyl sites for hydroxylation is 1. The number of benzene rings is 1. The lowest BCUT2D eigenvalue weighted by molar-refractivity contribution is -0.140. The van der Waals surface area contributed by atoms with Gasteiger partial charge in [0.2, 0.25) is 0 Å². The van der Waals surface area contributed by atoms with Gasteiger partial charge in [-0.1, -0.05) is 19.9 Å². The van der Waals surface area contributed by atoms with Crippen LogP contribution in [-0.4, -0.2) is 30.3 Å². The lowest BCUT2D eigenvalue weighted by Gasteiger charge is -2.19. The molecular formula is C14H20N2O4. The largest absolute Gasteiger partial charge is 0.495 e. The van der Waals surface area contributed by atoms with Crippen molar-refractivity contribution in [2.75, 3.05) is 12.4 Å². The van der Waals surface area contributed by atoms with E-state index in [4.69, 9.17) is 9.84 Å². The number of urea groups is 1. The second-order valence-electron chi connectivity index (χ2n) is 4.86. The number of carbonyl (C=O) groups excluding carboxylic acids is 1. The summed E-state index contributed by atoms with van der Waals surface area (Å²) in [6.45, 7) is 5.34. The maximum absolute atomic E-state index is 11.9. The molecule has 0 aliphatic heterocycles. The van der Waals surface area contributed by atoms with E-state index >= 15 is 0 Å². The third-order valence-electron chi connectivity index (χ3n) is 2.82. The fourth-order valence-corrected chi connectivity index (χ4v) is 1.73. The average molecular weight is 280 g/mol. The second-order valence-corrected chi connectivity index (χ2v) is 4.86. The predicted molar refractivity (Wildman–Crippen MR) is 76.1 cm³/mol. The number of rotatable bonds is 5. The second kappa shape index (κ2) is 6.79. The Balaban J connectivity index is 2.80. The summed E-state index contributed by atoms with van der Waals surface area (Å²) in [7, 11) is 1.50. The molecule has 0 bridgehead atoms. The highest BCUT2D eigenvalue weighted by Gasteiger charge is 2.23. The lowest BCUT2D eigenvalue weighted by Crippen LogP contribution is -2.46. The van der Waals surface area contributed by atoms with Crippen molar-refractivity contribution < 1.29 is 19.4 Å². The lowest BCUT2D eigenvalue weighted by atomic mass is 10.1. The van der Waals surface area contributed by atoms with Gasteiger partial charge in [-0.05, 0) is 30.5 Å². The van der Waals surface area contributed by atoms with Gasteiger partial charge < -0.3 is 20.5 Å². The highest BCUT2D eigenvalue weighted by atomic mass is 16.5. The summed E-state index contributed by atoms with van der Waals surface area (Å²) in [5.74, 6) is -0.758. The molecule has 0 saturated heterocycles. The third kappa shape index (κ3) is 4.15. The van der Waals surface area contributed by atoms with Crippen molar-refractivity contribution in [2.45, 2.75) is 26.8 Å². The molecule has 20 heavy (non-hydrogen) atoms. The smallest absolute Gasteiger partial charge is 0.326 e. The quantitative estimate of drug-likeness (QED) is 0.771. The molecule has 110 valence electrons. The van der Waals surface area contributed by atoms with Gasteiger partial charge in [-0.25, -0.2) is 9.59 Å². The van der Waals surface area contributed by atoms with Crippen LogP contribution in [0.1, 0.15) is 19.4 Å². The van der Waals surface area contributed by atoms with Crippen LogP contribution >= 0.6 is 0 Å². The number of aliphatic carboxylic acids is 1. The van der Waals surface area contributed by atoms with Gasteiger partial charge in [-0.2, -0.15) is 0 Å². The molecule has 1 unspecified atom stereocenters. The van der Waals surface area contributed by atoms with Crippen molar-refractivity contribution in [3.8, 4) is 5.75 Å². The molecule has 0 spiro atoms. The molecular weight excluding hydrogens is 260 g/mol. The van der Waals surface area contributed by atoms with E-state index in [1.807, 2.05) is 13.0 Å². The van der Waals surface area contributed by atoms with Gasteiger partial charge in [0.05, 0.1) is 12.8 Å². The van der Waals surface area contributed by atoms with Crippen LogP contribution in [-0.2, 0) is 4.79 Å². The minimum absolute atomic E-state index is 0.211. The summed E-state index contributed by atoms with van der Waals surface area (Å²) in [5, 5.41) is 14.1. The van der Waals surface area contributed by atoms with Crippen LogP contribution in [0.5, 0.6) is 5.75 Å². The molecule has 1 atom stereocenters. The number of carbonyl (C=O) groups is 2. The van der Waals surface area contributed by atoms with Crippen molar-refractivity contribution in [3.05, 3.63) is 23.8 Å². The van der Waals surface area contributed by atoms with Gasteiger partial charge in [0.25, 0.3) is 0 Å². The molecule has 0 aliphatic carbocycles. The number of ether oxygens (including phenoxy) is 1. The van der Waals surface area contributed by atoms with Gasteiger partial charge in [-0.3, -0.25) is 0 Å². The van der Waals surface area contributed by atoms with E-state index in [2.05, 4.69) is 10.6 Å². The predicted octanol–water partition coefficient (Wildman–Crippen LogP) is 2.23. The van der Waals surface area contributed by atoms with Crippen LogP contribution in [0.3, 0.4) is 0 Å². The number of carboxylic acids is 1. The molecule has 0 aromatic heterocycles. The van der Waals surface area contributed by atoms with E-state index in [0.717, 1.165) is 5.56 Å². The van der Waals surface area contributed by atoms with Crippen LogP contribution in [0.15, 0.2) is 18.2 Å². The van der Waals surface area contributed by atoms with Crippen molar-refractivity contribution in [2.24, 2.45) is 5.92 Å². The molecule has 3 N–H and O–H groups in total. The summed E-state index contributed by atoms with van der Waals surface area (Å²) in [6, 6.07) is 3.84. The molecule has 1 aromatic carbocycles. The van der Waals surface area contributed by atoms with E-state index < -0.39 is 18.0 Å². The summed E-state index contributed by atoms with van der Waals surface area (Å²) in [6.07, 6.45) is 0. The van der Waals surface area contributed by atoms with E-state index in [1.54, 1.807) is 26.0 Å². The maximum atomic E-state index is 11.9. The topological polar surface area (TPSA) is 87.7 Å². The van der Waals surface area contributed by atoms with Crippen molar-refractivity contribution in [1.29, 1.82) is 0 Å². The Kier molecular flexibility index (Phi) is 5.37. The molecule has 0 aliphatic rings. The molecule has 0 radical (unpaired) electrons. The molecule has 0 saturated carbocycles. The number of carboxylic acid groups (broad SMARTS) is 1. The van der Waals surface area contributed by atoms with Crippen molar-refractivity contribution in [3.63, 3.8) is 0 Å². The van der Waals surface area contributed by atoms with Gasteiger partial charge in [0.1, 0.15) is 11.8 Å². The van der Waals surface area contributed by atoms with Crippen LogP contribution in [0, 0.1) is 12.8 Å². The SMILES string of the molecule is COc1ccc(C)cc1NC(=O)NC(C(=O)O)C(C)C. The summed E-state index contributed by atoms with van der Waals surface area (Å²) in [4.78, 5) is 22.9. The van der Waals surface area contributed by atoms with Crippen LogP contribution in [0.4, 0.5) is 10.5 Å². The van der Waals surface area contributed by atoms with E-state index in [9.17, 15) is 9.59 Å². The van der Waals surface area contributed by atoms with Gasteiger partial charge in [-0.15, -0.1) is 0 Å². The van der Waals surface area contributed by atoms with Crippen LogP contribution < -0.4 is 15.4 Å². The number of hydrogen-bond donors (Lipinski definition) is 3. The Morgan fingerprint density at radius 1 is 1.30 bits per heavy atom. The minimum Gasteiger partial charge on any atom is -0.495 e.